The fourth-order valence-electron chi connectivity index (χ4n) is 1.93. The third-order valence-electron chi connectivity index (χ3n) is 2.95. The number of nitrogens with one attached hydrogen (secondary N) is 1. The average molecular weight is 267 g/mol. The molecule has 1 aliphatic rings. The summed E-state index contributed by atoms with van der Waals surface area (Å²) in [6.07, 6.45) is 3.30. The predicted molar refractivity (Wildman–Crippen MR) is 72.5 cm³/mol. The standard InChI is InChI=1S/C13H21N3O3/c1-13(2,3)16-5-4-14-11(12(16)17)15-8-10-9-18-6-7-19-10/h4-5,10H,6-9H2,1-3H3,(H,14,15). The van der Waals surface area contributed by atoms with Gasteiger partial charge in [0.05, 0.1) is 25.9 Å². The number of nitrogens with zero attached hydrogens (tertiary/aromatic N) is 2. The summed E-state index contributed by atoms with van der Waals surface area (Å²) in [4.78, 5) is 16.4. The molecule has 0 bridgehead atoms. The van der Waals surface area contributed by atoms with Crippen molar-refractivity contribution in [1.82, 2.24) is 9.55 Å². The molecule has 1 aromatic rings. The van der Waals surface area contributed by atoms with Crippen LogP contribution in [-0.2, 0) is 15.0 Å². The van der Waals surface area contributed by atoms with Crippen LogP contribution in [0, 0.1) is 0 Å². The van der Waals surface area contributed by atoms with Gasteiger partial charge in [0.2, 0.25) is 0 Å². The van der Waals surface area contributed by atoms with Crippen molar-refractivity contribution in [3.05, 3.63) is 22.7 Å². The molecule has 6 nitrogen and oxygen atoms in total. The van der Waals surface area contributed by atoms with E-state index in [1.54, 1.807) is 17.0 Å². The normalized spacial score (nSPS) is 20.3. The quantitative estimate of drug-likeness (QED) is 0.878. The van der Waals surface area contributed by atoms with Crippen LogP contribution in [0.25, 0.3) is 0 Å². The molecule has 2 heterocycles. The Morgan fingerprint density at radius 3 is 2.89 bits per heavy atom. The van der Waals surface area contributed by atoms with Gasteiger partial charge in [-0.1, -0.05) is 0 Å². The number of anilines is 1. The molecule has 0 amide bonds. The minimum Gasteiger partial charge on any atom is -0.376 e. The maximum absolute atomic E-state index is 12.3. The van der Waals surface area contributed by atoms with E-state index in [0.717, 1.165) is 0 Å². The molecule has 6 heteroatoms. The molecular weight excluding hydrogens is 246 g/mol. The number of hydrogen-bond donors (Lipinski definition) is 1. The van der Waals surface area contributed by atoms with Crippen molar-refractivity contribution in [2.45, 2.75) is 32.4 Å². The van der Waals surface area contributed by atoms with Crippen LogP contribution in [0.3, 0.4) is 0 Å². The van der Waals surface area contributed by atoms with Crippen molar-refractivity contribution in [2.75, 3.05) is 31.7 Å². The third kappa shape index (κ3) is 3.54. The highest BCUT2D eigenvalue weighted by Crippen LogP contribution is 2.11. The zero-order chi connectivity index (χ0) is 13.9. The molecule has 0 spiro atoms. The highest BCUT2D eigenvalue weighted by molar-refractivity contribution is 5.31. The van der Waals surface area contributed by atoms with E-state index in [9.17, 15) is 4.79 Å². The molecule has 1 saturated heterocycles. The Labute approximate surface area is 112 Å². The maximum Gasteiger partial charge on any atom is 0.293 e. The zero-order valence-corrected chi connectivity index (χ0v) is 11.7. The molecule has 1 atom stereocenters. The largest absolute Gasteiger partial charge is 0.376 e. The first-order chi connectivity index (χ1) is 8.98. The van der Waals surface area contributed by atoms with E-state index in [0.29, 0.717) is 32.2 Å². The Kier molecular flexibility index (Phi) is 4.21. The summed E-state index contributed by atoms with van der Waals surface area (Å²) >= 11 is 0. The fourth-order valence-corrected chi connectivity index (χ4v) is 1.93. The van der Waals surface area contributed by atoms with Gasteiger partial charge < -0.3 is 19.4 Å². The Balaban J connectivity index is 2.06. The molecule has 0 aliphatic carbocycles. The molecular formula is C13H21N3O3. The van der Waals surface area contributed by atoms with Gasteiger partial charge in [0, 0.05) is 24.5 Å². The number of rotatable bonds is 3. The summed E-state index contributed by atoms with van der Waals surface area (Å²) in [5, 5.41) is 3.05. The average Bonchev–Trinajstić information content (AvgIpc) is 2.37. The van der Waals surface area contributed by atoms with Crippen LogP contribution < -0.4 is 10.9 Å². The van der Waals surface area contributed by atoms with Crippen LogP contribution in [0.5, 0.6) is 0 Å². The van der Waals surface area contributed by atoms with Crippen molar-refractivity contribution in [2.24, 2.45) is 0 Å². The van der Waals surface area contributed by atoms with E-state index in [-0.39, 0.29) is 17.2 Å². The smallest absolute Gasteiger partial charge is 0.293 e. The van der Waals surface area contributed by atoms with E-state index < -0.39 is 0 Å². The molecule has 1 fully saturated rings. The van der Waals surface area contributed by atoms with Gasteiger partial charge in [-0.3, -0.25) is 4.79 Å². The second kappa shape index (κ2) is 5.71. The van der Waals surface area contributed by atoms with Crippen LogP contribution in [0.4, 0.5) is 5.82 Å². The molecule has 1 N–H and O–H groups in total. The monoisotopic (exact) mass is 267 g/mol. The molecule has 2 rings (SSSR count). The summed E-state index contributed by atoms with van der Waals surface area (Å²) in [5.41, 5.74) is -0.382. The first kappa shape index (κ1) is 14.0. The van der Waals surface area contributed by atoms with Crippen LogP contribution >= 0.6 is 0 Å². The van der Waals surface area contributed by atoms with Gasteiger partial charge in [0.15, 0.2) is 5.82 Å². The van der Waals surface area contributed by atoms with Gasteiger partial charge in [-0.15, -0.1) is 0 Å². The minimum atomic E-state index is -0.263. The van der Waals surface area contributed by atoms with Gasteiger partial charge in [0.1, 0.15) is 0 Å². The highest BCUT2D eigenvalue weighted by Gasteiger charge is 2.18. The van der Waals surface area contributed by atoms with E-state index in [2.05, 4.69) is 10.3 Å². The molecule has 106 valence electrons. The summed E-state index contributed by atoms with van der Waals surface area (Å²) in [7, 11) is 0. The summed E-state index contributed by atoms with van der Waals surface area (Å²) in [6, 6.07) is 0. The second-order valence-corrected chi connectivity index (χ2v) is 5.57. The third-order valence-corrected chi connectivity index (χ3v) is 2.95. The maximum atomic E-state index is 12.3. The molecule has 19 heavy (non-hydrogen) atoms. The van der Waals surface area contributed by atoms with Crippen LogP contribution in [0.2, 0.25) is 0 Å². The van der Waals surface area contributed by atoms with Crippen molar-refractivity contribution < 1.29 is 9.47 Å². The summed E-state index contributed by atoms with van der Waals surface area (Å²) < 4.78 is 12.5. The van der Waals surface area contributed by atoms with Crippen molar-refractivity contribution in [1.29, 1.82) is 0 Å². The summed E-state index contributed by atoms with van der Waals surface area (Å²) in [5.74, 6) is 0.353. The number of aromatic nitrogens is 2. The van der Waals surface area contributed by atoms with Crippen LogP contribution in [0.1, 0.15) is 20.8 Å². The fraction of sp³-hybridized carbons (Fsp3) is 0.692. The van der Waals surface area contributed by atoms with E-state index in [4.69, 9.17) is 9.47 Å². The van der Waals surface area contributed by atoms with E-state index >= 15 is 0 Å². The lowest BCUT2D eigenvalue weighted by atomic mass is 10.1. The van der Waals surface area contributed by atoms with E-state index in [1.165, 1.54) is 0 Å². The first-order valence-electron chi connectivity index (χ1n) is 6.50. The van der Waals surface area contributed by atoms with Gasteiger partial charge in [-0.05, 0) is 20.8 Å². The van der Waals surface area contributed by atoms with Gasteiger partial charge >= 0.3 is 0 Å². The van der Waals surface area contributed by atoms with Crippen molar-refractivity contribution in [3.63, 3.8) is 0 Å². The van der Waals surface area contributed by atoms with Gasteiger partial charge in [0.25, 0.3) is 5.56 Å². The zero-order valence-electron chi connectivity index (χ0n) is 11.7. The lowest BCUT2D eigenvalue weighted by molar-refractivity contribution is -0.0819. The molecule has 1 aromatic heterocycles. The number of hydrogen-bond acceptors (Lipinski definition) is 5. The Morgan fingerprint density at radius 1 is 1.47 bits per heavy atom. The SMILES string of the molecule is CC(C)(C)n1ccnc(NCC2COCCO2)c1=O. The number of ether oxygens (including phenoxy) is 2. The Hall–Kier alpha value is -1.40. The highest BCUT2D eigenvalue weighted by atomic mass is 16.6. The molecule has 0 saturated carbocycles. The van der Waals surface area contributed by atoms with Crippen LogP contribution in [-0.4, -0.2) is 42.0 Å². The second-order valence-electron chi connectivity index (χ2n) is 5.57. The Bertz CT molecular complexity index is 473. The first-order valence-corrected chi connectivity index (χ1v) is 6.50. The van der Waals surface area contributed by atoms with E-state index in [1.807, 2.05) is 20.8 Å². The summed E-state index contributed by atoms with van der Waals surface area (Å²) in [6.45, 7) is 8.25. The van der Waals surface area contributed by atoms with Crippen LogP contribution in [0.15, 0.2) is 17.2 Å². The topological polar surface area (TPSA) is 65.4 Å². The Morgan fingerprint density at radius 2 is 2.26 bits per heavy atom. The molecule has 1 unspecified atom stereocenters. The van der Waals surface area contributed by atoms with Crippen molar-refractivity contribution >= 4 is 5.82 Å². The lowest BCUT2D eigenvalue weighted by Crippen LogP contribution is -2.38. The lowest BCUT2D eigenvalue weighted by Gasteiger charge is -2.24. The minimum absolute atomic E-state index is 0.0294. The van der Waals surface area contributed by atoms with Crippen molar-refractivity contribution in [3.8, 4) is 0 Å². The molecule has 1 aliphatic heterocycles. The molecule has 0 aromatic carbocycles. The predicted octanol–water partition coefficient (Wildman–Crippen LogP) is 0.826. The van der Waals surface area contributed by atoms with Gasteiger partial charge in [-0.2, -0.15) is 0 Å². The van der Waals surface area contributed by atoms with Gasteiger partial charge in [-0.25, -0.2) is 4.98 Å². The molecule has 0 radical (unpaired) electrons.